The van der Waals surface area contributed by atoms with Crippen molar-refractivity contribution in [3.63, 3.8) is 0 Å². The molecule has 1 heterocycles. The number of carbonyl (C=O) groups is 1. The number of benzene rings is 1. The Bertz CT molecular complexity index is 709. The summed E-state index contributed by atoms with van der Waals surface area (Å²) in [7, 11) is 0. The molecule has 4 nitrogen and oxygen atoms in total. The van der Waals surface area contributed by atoms with Gasteiger partial charge in [-0.2, -0.15) is 18.3 Å². The van der Waals surface area contributed by atoms with Gasteiger partial charge in [0.15, 0.2) is 5.69 Å². The molecule has 122 valence electrons. The minimum Gasteiger partial charge on any atom is -0.348 e. The molecule has 2 aromatic rings. The predicted molar refractivity (Wildman–Crippen MR) is 77.5 cm³/mol. The summed E-state index contributed by atoms with van der Waals surface area (Å²) >= 11 is 0. The van der Waals surface area contributed by atoms with E-state index < -0.39 is 11.9 Å². The topological polar surface area (TPSA) is 46.9 Å². The number of amides is 1. The highest BCUT2D eigenvalue weighted by atomic mass is 19.4. The first-order chi connectivity index (χ1) is 10.9. The van der Waals surface area contributed by atoms with Crippen LogP contribution in [0, 0.1) is 0 Å². The van der Waals surface area contributed by atoms with Crippen molar-refractivity contribution in [1.82, 2.24) is 15.1 Å². The van der Waals surface area contributed by atoms with Crippen molar-refractivity contribution < 1.29 is 18.0 Å². The van der Waals surface area contributed by atoms with E-state index in [9.17, 15) is 18.0 Å². The van der Waals surface area contributed by atoms with E-state index in [1.807, 2.05) is 24.3 Å². The molecule has 0 spiro atoms. The van der Waals surface area contributed by atoms with E-state index in [0.717, 1.165) is 41.8 Å². The maximum atomic E-state index is 12.5. The molecule has 1 aromatic carbocycles. The van der Waals surface area contributed by atoms with Gasteiger partial charge in [0.25, 0.3) is 0 Å². The Morgan fingerprint density at radius 2 is 2.09 bits per heavy atom. The van der Waals surface area contributed by atoms with Gasteiger partial charge in [-0.25, -0.2) is 0 Å². The number of halogens is 3. The number of fused-ring (bicyclic) bond motifs is 1. The van der Waals surface area contributed by atoms with E-state index in [1.165, 1.54) is 5.56 Å². The molecule has 0 aliphatic heterocycles. The average Bonchev–Trinajstić information content (AvgIpc) is 2.96. The standard InChI is InChI=1S/C16H16F3N3O/c17-16(18,19)14-8-9-22(21-14)10-15(23)20-13-7-3-5-11-4-1-2-6-12(11)13/h1-2,4,6,8-9,13H,3,5,7,10H2,(H,20,23)/t13-/m0/s1. The maximum absolute atomic E-state index is 12.5. The van der Waals surface area contributed by atoms with Crippen LogP contribution in [0.2, 0.25) is 0 Å². The van der Waals surface area contributed by atoms with Gasteiger partial charge in [0.05, 0.1) is 6.04 Å². The lowest BCUT2D eigenvalue weighted by molar-refractivity contribution is -0.141. The number of hydrogen-bond acceptors (Lipinski definition) is 2. The van der Waals surface area contributed by atoms with Crippen LogP contribution in [0.25, 0.3) is 0 Å². The van der Waals surface area contributed by atoms with Crippen LogP contribution < -0.4 is 5.32 Å². The molecule has 0 unspecified atom stereocenters. The zero-order valence-electron chi connectivity index (χ0n) is 12.3. The van der Waals surface area contributed by atoms with Crippen LogP contribution in [0.1, 0.15) is 35.7 Å². The van der Waals surface area contributed by atoms with E-state index in [2.05, 4.69) is 10.4 Å². The summed E-state index contributed by atoms with van der Waals surface area (Å²) in [6.45, 7) is -0.227. The van der Waals surface area contributed by atoms with Gasteiger partial charge in [0.1, 0.15) is 6.54 Å². The highest BCUT2D eigenvalue weighted by Crippen LogP contribution is 2.29. The second-order valence-electron chi connectivity index (χ2n) is 5.61. The Balaban J connectivity index is 1.65. The summed E-state index contributed by atoms with van der Waals surface area (Å²) in [6, 6.07) is 8.68. The van der Waals surface area contributed by atoms with Crippen LogP contribution in [0.4, 0.5) is 13.2 Å². The number of rotatable bonds is 3. The highest BCUT2D eigenvalue weighted by Gasteiger charge is 2.33. The smallest absolute Gasteiger partial charge is 0.348 e. The Morgan fingerprint density at radius 3 is 2.83 bits per heavy atom. The minimum atomic E-state index is -4.50. The zero-order chi connectivity index (χ0) is 16.4. The first-order valence-corrected chi connectivity index (χ1v) is 7.41. The first kappa shape index (κ1) is 15.6. The van der Waals surface area contributed by atoms with Crippen LogP contribution in [0.5, 0.6) is 0 Å². The Hall–Kier alpha value is -2.31. The molecule has 1 aliphatic carbocycles. The minimum absolute atomic E-state index is 0.0925. The van der Waals surface area contributed by atoms with Gasteiger partial charge in [-0.3, -0.25) is 9.48 Å². The van der Waals surface area contributed by atoms with Crippen LogP contribution in [0.15, 0.2) is 36.5 Å². The fourth-order valence-electron chi connectivity index (χ4n) is 2.89. The van der Waals surface area contributed by atoms with Gasteiger partial charge >= 0.3 is 6.18 Å². The lowest BCUT2D eigenvalue weighted by Crippen LogP contribution is -2.33. The maximum Gasteiger partial charge on any atom is 0.435 e. The van der Waals surface area contributed by atoms with Crippen LogP contribution in [-0.4, -0.2) is 15.7 Å². The molecule has 0 saturated heterocycles. The van der Waals surface area contributed by atoms with Gasteiger partial charge in [0.2, 0.25) is 5.91 Å². The summed E-state index contributed by atoms with van der Waals surface area (Å²) < 4.78 is 38.5. The zero-order valence-corrected chi connectivity index (χ0v) is 12.3. The van der Waals surface area contributed by atoms with Crippen LogP contribution in [-0.2, 0) is 23.9 Å². The third-order valence-electron chi connectivity index (χ3n) is 3.94. The van der Waals surface area contributed by atoms with Crippen molar-refractivity contribution in [1.29, 1.82) is 0 Å². The number of hydrogen-bond donors (Lipinski definition) is 1. The van der Waals surface area contributed by atoms with Gasteiger partial charge in [0, 0.05) is 6.20 Å². The molecule has 0 fully saturated rings. The van der Waals surface area contributed by atoms with Gasteiger partial charge < -0.3 is 5.32 Å². The second kappa shape index (κ2) is 6.06. The number of nitrogens with zero attached hydrogens (tertiary/aromatic N) is 2. The summed E-state index contributed by atoms with van der Waals surface area (Å²) in [5.74, 6) is -0.344. The Labute approximate surface area is 131 Å². The van der Waals surface area contributed by atoms with Crippen molar-refractivity contribution in [3.8, 4) is 0 Å². The molecule has 0 bridgehead atoms. The summed E-state index contributed by atoms with van der Waals surface area (Å²) in [4.78, 5) is 12.1. The molecule has 0 saturated carbocycles. The van der Waals surface area contributed by atoms with Gasteiger partial charge in [-0.1, -0.05) is 24.3 Å². The molecule has 1 atom stereocenters. The molecule has 1 N–H and O–H groups in total. The van der Waals surface area contributed by atoms with Crippen molar-refractivity contribution in [3.05, 3.63) is 53.3 Å². The molecular weight excluding hydrogens is 307 g/mol. The summed E-state index contributed by atoms with van der Waals surface area (Å²) in [6.07, 6.45) is -0.546. The van der Waals surface area contributed by atoms with Crippen molar-refractivity contribution in [2.24, 2.45) is 0 Å². The Morgan fingerprint density at radius 1 is 1.30 bits per heavy atom. The van der Waals surface area contributed by atoms with Crippen molar-refractivity contribution in [2.75, 3.05) is 0 Å². The summed E-state index contributed by atoms with van der Waals surface area (Å²) in [5, 5.41) is 6.28. The second-order valence-corrected chi connectivity index (χ2v) is 5.61. The Kier molecular flexibility index (Phi) is 4.11. The SMILES string of the molecule is O=C(Cn1ccc(C(F)(F)F)n1)N[C@H]1CCCc2ccccc21. The number of aryl methyl sites for hydroxylation is 1. The van der Waals surface area contributed by atoms with E-state index in [0.29, 0.717) is 0 Å². The molecule has 1 aliphatic rings. The molecule has 1 aromatic heterocycles. The van der Waals surface area contributed by atoms with Gasteiger partial charge in [-0.15, -0.1) is 0 Å². The van der Waals surface area contributed by atoms with E-state index >= 15 is 0 Å². The van der Waals surface area contributed by atoms with E-state index in [1.54, 1.807) is 0 Å². The van der Waals surface area contributed by atoms with Crippen LogP contribution in [0.3, 0.4) is 0 Å². The summed E-state index contributed by atoms with van der Waals surface area (Å²) in [5.41, 5.74) is 1.30. The number of alkyl halides is 3. The largest absolute Gasteiger partial charge is 0.435 e. The lowest BCUT2D eigenvalue weighted by Gasteiger charge is -2.26. The van der Waals surface area contributed by atoms with Crippen LogP contribution >= 0.6 is 0 Å². The molecule has 23 heavy (non-hydrogen) atoms. The normalized spacial score (nSPS) is 17.6. The van der Waals surface area contributed by atoms with E-state index in [4.69, 9.17) is 0 Å². The molecule has 0 radical (unpaired) electrons. The number of carbonyl (C=O) groups excluding carboxylic acids is 1. The van der Waals surface area contributed by atoms with E-state index in [-0.39, 0.29) is 18.5 Å². The average molecular weight is 323 g/mol. The predicted octanol–water partition coefficient (Wildman–Crippen LogP) is 3.10. The molecular formula is C16H16F3N3O. The molecule has 1 amide bonds. The fourth-order valence-corrected chi connectivity index (χ4v) is 2.89. The van der Waals surface area contributed by atoms with Crippen molar-refractivity contribution >= 4 is 5.91 Å². The monoisotopic (exact) mass is 323 g/mol. The third kappa shape index (κ3) is 3.55. The fraction of sp³-hybridized carbons (Fsp3) is 0.375. The third-order valence-corrected chi connectivity index (χ3v) is 3.94. The first-order valence-electron chi connectivity index (χ1n) is 7.41. The van der Waals surface area contributed by atoms with Gasteiger partial charge in [-0.05, 0) is 36.5 Å². The number of aromatic nitrogens is 2. The highest BCUT2D eigenvalue weighted by molar-refractivity contribution is 5.76. The molecule has 7 heteroatoms. The quantitative estimate of drug-likeness (QED) is 0.943. The lowest BCUT2D eigenvalue weighted by atomic mass is 9.88. The number of nitrogens with one attached hydrogen (secondary N) is 1. The van der Waals surface area contributed by atoms with Crippen molar-refractivity contribution in [2.45, 2.75) is 38.0 Å². The molecule has 3 rings (SSSR count).